The maximum Gasteiger partial charge on any atom is 0.255 e. The molecule has 2 unspecified atom stereocenters. The molecule has 1 aromatic heterocycles. The highest BCUT2D eigenvalue weighted by atomic mass is 16.3. The van der Waals surface area contributed by atoms with E-state index in [1.165, 1.54) is 0 Å². The molecule has 0 aliphatic carbocycles. The van der Waals surface area contributed by atoms with Crippen LogP contribution >= 0.6 is 0 Å². The van der Waals surface area contributed by atoms with Gasteiger partial charge < -0.3 is 15.5 Å². The maximum absolute atomic E-state index is 13.0. The SMILES string of the molecule is C.O=C(NC(c1ccccc1)C(O)c1ccccc1)c1ccc2cccnc2c1O. The summed E-state index contributed by atoms with van der Waals surface area (Å²) in [4.78, 5) is 17.2. The van der Waals surface area contributed by atoms with Crippen molar-refractivity contribution in [3.63, 3.8) is 0 Å². The molecule has 0 bridgehead atoms. The van der Waals surface area contributed by atoms with Gasteiger partial charge in [-0.3, -0.25) is 9.78 Å². The second-order valence-corrected chi connectivity index (χ2v) is 6.75. The number of nitrogens with one attached hydrogen (secondary N) is 1. The van der Waals surface area contributed by atoms with E-state index in [0.717, 1.165) is 10.9 Å². The Labute approximate surface area is 175 Å². The molecule has 2 atom stereocenters. The summed E-state index contributed by atoms with van der Waals surface area (Å²) in [6.45, 7) is 0. The average molecular weight is 400 g/mol. The first-order chi connectivity index (χ1) is 14.1. The summed E-state index contributed by atoms with van der Waals surface area (Å²) in [5, 5.41) is 25.2. The normalized spacial score (nSPS) is 12.6. The Hall–Kier alpha value is -3.70. The highest BCUT2D eigenvalue weighted by Crippen LogP contribution is 2.31. The molecular formula is C25H24N2O3. The Kier molecular flexibility index (Phi) is 6.45. The lowest BCUT2D eigenvalue weighted by Crippen LogP contribution is -2.32. The third kappa shape index (κ3) is 4.16. The zero-order chi connectivity index (χ0) is 20.2. The van der Waals surface area contributed by atoms with Crippen LogP contribution in [0.5, 0.6) is 5.75 Å². The minimum atomic E-state index is -0.955. The van der Waals surface area contributed by atoms with Gasteiger partial charge in [0.15, 0.2) is 5.75 Å². The van der Waals surface area contributed by atoms with Gasteiger partial charge in [-0.25, -0.2) is 0 Å². The fraction of sp³-hybridized carbons (Fsp3) is 0.120. The van der Waals surface area contributed by atoms with E-state index in [9.17, 15) is 15.0 Å². The number of pyridine rings is 1. The monoisotopic (exact) mass is 400 g/mol. The van der Waals surface area contributed by atoms with Crippen molar-refractivity contribution in [2.45, 2.75) is 19.6 Å². The van der Waals surface area contributed by atoms with E-state index in [1.54, 1.807) is 24.4 Å². The maximum atomic E-state index is 13.0. The van der Waals surface area contributed by atoms with Gasteiger partial charge in [-0.1, -0.05) is 80.2 Å². The van der Waals surface area contributed by atoms with Crippen molar-refractivity contribution >= 4 is 16.8 Å². The molecule has 3 N–H and O–H groups in total. The third-order valence-corrected chi connectivity index (χ3v) is 4.89. The Morgan fingerprint density at radius 3 is 2.13 bits per heavy atom. The quantitative estimate of drug-likeness (QED) is 0.450. The van der Waals surface area contributed by atoms with Crippen molar-refractivity contribution in [1.82, 2.24) is 10.3 Å². The number of fused-ring (bicyclic) bond motifs is 1. The summed E-state index contributed by atoms with van der Waals surface area (Å²) < 4.78 is 0. The van der Waals surface area contributed by atoms with E-state index in [0.29, 0.717) is 11.1 Å². The molecule has 0 aliphatic heterocycles. The number of benzene rings is 3. The van der Waals surface area contributed by atoms with Crippen molar-refractivity contribution in [3.8, 4) is 5.75 Å². The highest BCUT2D eigenvalue weighted by Gasteiger charge is 2.26. The number of nitrogens with zero attached hydrogens (tertiary/aromatic N) is 1. The van der Waals surface area contributed by atoms with Gasteiger partial charge in [0.2, 0.25) is 0 Å². The van der Waals surface area contributed by atoms with Gasteiger partial charge in [-0.05, 0) is 23.3 Å². The van der Waals surface area contributed by atoms with Gasteiger partial charge in [0, 0.05) is 11.6 Å². The van der Waals surface area contributed by atoms with Crippen LogP contribution in [-0.2, 0) is 0 Å². The van der Waals surface area contributed by atoms with E-state index >= 15 is 0 Å². The van der Waals surface area contributed by atoms with Gasteiger partial charge >= 0.3 is 0 Å². The molecule has 0 saturated carbocycles. The van der Waals surface area contributed by atoms with Crippen molar-refractivity contribution in [1.29, 1.82) is 0 Å². The van der Waals surface area contributed by atoms with Gasteiger partial charge in [-0.2, -0.15) is 0 Å². The van der Waals surface area contributed by atoms with Crippen molar-refractivity contribution in [3.05, 3.63) is 108 Å². The number of rotatable bonds is 5. The van der Waals surface area contributed by atoms with Crippen LogP contribution in [0.25, 0.3) is 10.9 Å². The highest BCUT2D eigenvalue weighted by molar-refractivity contribution is 6.02. The number of aliphatic hydroxyl groups is 1. The third-order valence-electron chi connectivity index (χ3n) is 4.89. The molecule has 1 amide bonds. The fourth-order valence-corrected chi connectivity index (χ4v) is 3.38. The summed E-state index contributed by atoms with van der Waals surface area (Å²) in [5.74, 6) is -0.666. The number of aromatic nitrogens is 1. The first-order valence-corrected chi connectivity index (χ1v) is 9.30. The van der Waals surface area contributed by atoms with E-state index < -0.39 is 18.1 Å². The average Bonchev–Trinajstić information content (AvgIpc) is 2.78. The van der Waals surface area contributed by atoms with Gasteiger partial charge in [-0.15, -0.1) is 0 Å². The summed E-state index contributed by atoms with van der Waals surface area (Å²) >= 11 is 0. The van der Waals surface area contributed by atoms with E-state index in [2.05, 4.69) is 10.3 Å². The molecule has 5 nitrogen and oxygen atoms in total. The number of aromatic hydroxyl groups is 1. The standard InChI is InChI=1S/C24H20N2O3.CH4/c27-22(18-10-5-2-6-11-18)21(16-8-3-1-4-9-16)26-24(29)19-14-13-17-12-7-15-25-20(17)23(19)28;/h1-15,21-22,27-28H,(H,26,29);1H4. The van der Waals surface area contributed by atoms with Crippen LogP contribution in [0.4, 0.5) is 0 Å². The molecule has 4 rings (SSSR count). The number of phenolic OH excluding ortho intramolecular Hbond substituents is 1. The molecule has 1 heterocycles. The lowest BCUT2D eigenvalue weighted by molar-refractivity contribution is 0.0829. The van der Waals surface area contributed by atoms with Crippen LogP contribution in [0.3, 0.4) is 0 Å². The molecule has 30 heavy (non-hydrogen) atoms. The van der Waals surface area contributed by atoms with Crippen LogP contribution in [0.15, 0.2) is 91.1 Å². The number of aliphatic hydroxyl groups excluding tert-OH is 1. The molecule has 152 valence electrons. The number of carbonyl (C=O) groups excluding carboxylic acids is 1. The Morgan fingerprint density at radius 1 is 0.833 bits per heavy atom. The lowest BCUT2D eigenvalue weighted by Gasteiger charge is -2.25. The topological polar surface area (TPSA) is 82.5 Å². The molecular weight excluding hydrogens is 376 g/mol. The summed E-state index contributed by atoms with van der Waals surface area (Å²) in [7, 11) is 0. The van der Waals surface area contributed by atoms with Gasteiger partial charge in [0.1, 0.15) is 11.6 Å². The van der Waals surface area contributed by atoms with Crippen LogP contribution < -0.4 is 5.32 Å². The molecule has 0 saturated heterocycles. The molecule has 0 spiro atoms. The zero-order valence-corrected chi connectivity index (χ0v) is 15.6. The van der Waals surface area contributed by atoms with Crippen LogP contribution in [0.2, 0.25) is 0 Å². The predicted octanol–water partition coefficient (Wildman–Crippen LogP) is 4.78. The minimum absolute atomic E-state index is 0. The minimum Gasteiger partial charge on any atom is -0.505 e. The van der Waals surface area contributed by atoms with Gasteiger partial charge in [0.05, 0.1) is 11.6 Å². The molecule has 3 aromatic carbocycles. The Morgan fingerprint density at radius 2 is 1.47 bits per heavy atom. The second-order valence-electron chi connectivity index (χ2n) is 6.75. The van der Waals surface area contributed by atoms with Gasteiger partial charge in [0.25, 0.3) is 5.91 Å². The number of hydrogen-bond donors (Lipinski definition) is 3. The molecule has 0 aliphatic rings. The number of amides is 1. The van der Waals surface area contributed by atoms with E-state index in [1.807, 2.05) is 66.7 Å². The largest absolute Gasteiger partial charge is 0.505 e. The summed E-state index contributed by atoms with van der Waals surface area (Å²) in [5.41, 5.74) is 1.92. The summed E-state index contributed by atoms with van der Waals surface area (Å²) in [6, 6.07) is 24.6. The first-order valence-electron chi connectivity index (χ1n) is 9.30. The van der Waals surface area contributed by atoms with Crippen molar-refractivity contribution in [2.75, 3.05) is 0 Å². The van der Waals surface area contributed by atoms with Crippen LogP contribution in [-0.4, -0.2) is 21.1 Å². The first kappa shape index (κ1) is 21.0. The van der Waals surface area contributed by atoms with Crippen LogP contribution in [0.1, 0.15) is 41.1 Å². The summed E-state index contributed by atoms with van der Waals surface area (Å²) in [6.07, 6.45) is 0.610. The molecule has 5 heteroatoms. The zero-order valence-electron chi connectivity index (χ0n) is 15.6. The molecule has 4 aromatic rings. The molecule has 0 radical (unpaired) electrons. The van der Waals surface area contributed by atoms with Crippen molar-refractivity contribution < 1.29 is 15.0 Å². The van der Waals surface area contributed by atoms with Crippen LogP contribution in [0, 0.1) is 0 Å². The Balaban J connectivity index is 0.00000256. The van der Waals surface area contributed by atoms with Crippen molar-refractivity contribution in [2.24, 2.45) is 0 Å². The van der Waals surface area contributed by atoms with E-state index in [-0.39, 0.29) is 18.7 Å². The number of carbonyl (C=O) groups is 1. The smallest absolute Gasteiger partial charge is 0.255 e. The molecule has 0 fully saturated rings. The number of phenols is 1. The lowest BCUT2D eigenvalue weighted by atomic mass is 9.95. The predicted molar refractivity (Wildman–Crippen MR) is 118 cm³/mol. The van der Waals surface area contributed by atoms with E-state index in [4.69, 9.17) is 0 Å². The second kappa shape index (κ2) is 9.20. The fourth-order valence-electron chi connectivity index (χ4n) is 3.38. The number of hydrogen-bond acceptors (Lipinski definition) is 4. The Bertz CT molecular complexity index is 1130.